The maximum atomic E-state index is 12.3. The summed E-state index contributed by atoms with van der Waals surface area (Å²) in [5.41, 5.74) is 2.61. The number of nitrogens with one attached hydrogen (secondary N) is 1. The molecule has 0 saturated heterocycles. The lowest BCUT2D eigenvalue weighted by atomic mass is 9.89. The second-order valence-electron chi connectivity index (χ2n) is 7.43. The third-order valence-electron chi connectivity index (χ3n) is 5.19. The number of carbonyl (C=O) groups excluding carboxylic acids is 1. The molecule has 2 aliphatic carbocycles. The number of benzene rings is 1. The van der Waals surface area contributed by atoms with E-state index in [1.54, 1.807) is 0 Å². The minimum absolute atomic E-state index is 0.204. The van der Waals surface area contributed by atoms with Crippen molar-refractivity contribution in [2.75, 3.05) is 13.1 Å². The summed E-state index contributed by atoms with van der Waals surface area (Å²) in [6.45, 7) is 4.44. The maximum absolute atomic E-state index is 12.3. The zero-order chi connectivity index (χ0) is 16.1. The van der Waals surface area contributed by atoms with Crippen molar-refractivity contribution < 1.29 is 4.79 Å². The van der Waals surface area contributed by atoms with Crippen molar-refractivity contribution in [3.8, 4) is 0 Å². The fourth-order valence-corrected chi connectivity index (χ4v) is 3.69. The quantitative estimate of drug-likeness (QED) is 0.833. The molecule has 1 aromatic carbocycles. The maximum Gasteiger partial charge on any atom is 0.234 e. The Bertz CT molecular complexity index is 518. The fraction of sp³-hybridized carbons (Fsp3) is 0.650. The SMILES string of the molecule is Cc1cccc(CN(CC(=O)NCC2CCCCC2)C2CC2)c1. The first kappa shape index (κ1) is 16.5. The van der Waals surface area contributed by atoms with Gasteiger partial charge >= 0.3 is 0 Å². The number of carbonyl (C=O) groups is 1. The van der Waals surface area contributed by atoms with Crippen molar-refractivity contribution in [1.82, 2.24) is 10.2 Å². The minimum Gasteiger partial charge on any atom is -0.355 e. The van der Waals surface area contributed by atoms with Crippen molar-refractivity contribution in [3.05, 3.63) is 35.4 Å². The van der Waals surface area contributed by atoms with Crippen molar-refractivity contribution in [2.45, 2.75) is 64.5 Å². The van der Waals surface area contributed by atoms with E-state index in [1.165, 1.54) is 56.1 Å². The average Bonchev–Trinajstić information content (AvgIpc) is 3.38. The van der Waals surface area contributed by atoms with Crippen molar-refractivity contribution >= 4 is 5.91 Å². The van der Waals surface area contributed by atoms with Gasteiger partial charge in [0.1, 0.15) is 0 Å². The first-order valence-corrected chi connectivity index (χ1v) is 9.27. The molecule has 0 atom stereocenters. The standard InChI is InChI=1S/C20H30N2O/c1-16-6-5-9-18(12-16)14-22(19-10-11-19)15-20(23)21-13-17-7-3-2-4-8-17/h5-6,9,12,17,19H,2-4,7-8,10-11,13-15H2,1H3,(H,21,23). The topological polar surface area (TPSA) is 32.3 Å². The van der Waals surface area contributed by atoms with Crippen LogP contribution in [0.25, 0.3) is 0 Å². The molecule has 0 aliphatic heterocycles. The molecular formula is C20H30N2O. The molecule has 0 aromatic heterocycles. The monoisotopic (exact) mass is 314 g/mol. The summed E-state index contributed by atoms with van der Waals surface area (Å²) in [4.78, 5) is 14.7. The number of amides is 1. The highest BCUT2D eigenvalue weighted by molar-refractivity contribution is 5.78. The lowest BCUT2D eigenvalue weighted by molar-refractivity contribution is -0.122. The van der Waals surface area contributed by atoms with Crippen LogP contribution in [-0.4, -0.2) is 29.9 Å². The molecule has 23 heavy (non-hydrogen) atoms. The Balaban J connectivity index is 1.47. The second-order valence-corrected chi connectivity index (χ2v) is 7.43. The normalized spacial score (nSPS) is 19.0. The molecule has 0 unspecified atom stereocenters. The predicted molar refractivity (Wildman–Crippen MR) is 94.2 cm³/mol. The molecule has 3 nitrogen and oxygen atoms in total. The van der Waals surface area contributed by atoms with Gasteiger partial charge in [-0.3, -0.25) is 9.69 Å². The fourth-order valence-electron chi connectivity index (χ4n) is 3.69. The Morgan fingerprint density at radius 2 is 1.96 bits per heavy atom. The predicted octanol–water partition coefficient (Wildman–Crippen LogP) is 3.66. The van der Waals surface area contributed by atoms with Gasteiger partial charge in [0.15, 0.2) is 0 Å². The van der Waals surface area contributed by atoms with Crippen LogP contribution in [0.2, 0.25) is 0 Å². The summed E-state index contributed by atoms with van der Waals surface area (Å²) in [6, 6.07) is 9.24. The third-order valence-corrected chi connectivity index (χ3v) is 5.19. The highest BCUT2D eigenvalue weighted by Crippen LogP contribution is 2.28. The number of rotatable bonds is 7. The zero-order valence-corrected chi connectivity index (χ0v) is 14.4. The Morgan fingerprint density at radius 3 is 2.65 bits per heavy atom. The van der Waals surface area contributed by atoms with Gasteiger partial charge in [0.2, 0.25) is 5.91 Å². The molecule has 1 N–H and O–H groups in total. The van der Waals surface area contributed by atoms with Crippen LogP contribution in [0.1, 0.15) is 56.1 Å². The summed E-state index contributed by atoms with van der Waals surface area (Å²) in [7, 11) is 0. The Kier molecular flexibility index (Phi) is 5.71. The van der Waals surface area contributed by atoms with Gasteiger partial charge in [0.05, 0.1) is 6.54 Å². The van der Waals surface area contributed by atoms with Gasteiger partial charge in [0.25, 0.3) is 0 Å². The smallest absolute Gasteiger partial charge is 0.234 e. The van der Waals surface area contributed by atoms with Crippen LogP contribution >= 0.6 is 0 Å². The van der Waals surface area contributed by atoms with E-state index in [-0.39, 0.29) is 5.91 Å². The molecule has 0 radical (unpaired) electrons. The molecule has 2 fully saturated rings. The molecule has 0 heterocycles. The van der Waals surface area contributed by atoms with Crippen LogP contribution in [0.5, 0.6) is 0 Å². The van der Waals surface area contributed by atoms with Gasteiger partial charge in [-0.25, -0.2) is 0 Å². The minimum atomic E-state index is 0.204. The van der Waals surface area contributed by atoms with Crippen LogP contribution in [0.3, 0.4) is 0 Å². The molecule has 0 spiro atoms. The van der Waals surface area contributed by atoms with Gasteiger partial charge in [-0.2, -0.15) is 0 Å². The molecule has 3 rings (SSSR count). The van der Waals surface area contributed by atoms with Crippen LogP contribution in [0.15, 0.2) is 24.3 Å². The first-order chi connectivity index (χ1) is 11.2. The lowest BCUT2D eigenvalue weighted by Gasteiger charge is -2.24. The largest absolute Gasteiger partial charge is 0.355 e. The van der Waals surface area contributed by atoms with Gasteiger partial charge in [-0.15, -0.1) is 0 Å². The van der Waals surface area contributed by atoms with Crippen LogP contribution in [0, 0.1) is 12.8 Å². The molecule has 2 aliphatic rings. The zero-order valence-electron chi connectivity index (χ0n) is 14.4. The van der Waals surface area contributed by atoms with E-state index in [9.17, 15) is 4.79 Å². The van der Waals surface area contributed by atoms with E-state index >= 15 is 0 Å². The van der Waals surface area contributed by atoms with Crippen molar-refractivity contribution in [2.24, 2.45) is 5.92 Å². The molecule has 0 bridgehead atoms. The van der Waals surface area contributed by atoms with E-state index in [2.05, 4.69) is 41.4 Å². The van der Waals surface area contributed by atoms with E-state index in [4.69, 9.17) is 0 Å². The highest BCUT2D eigenvalue weighted by Gasteiger charge is 2.30. The summed E-state index contributed by atoms with van der Waals surface area (Å²) in [5.74, 6) is 0.911. The third kappa shape index (κ3) is 5.35. The van der Waals surface area contributed by atoms with Crippen LogP contribution < -0.4 is 5.32 Å². The van der Waals surface area contributed by atoms with E-state index in [0.717, 1.165) is 13.1 Å². The average molecular weight is 314 g/mol. The summed E-state index contributed by atoms with van der Waals surface area (Å²) in [6.07, 6.45) is 9.09. The Labute approximate surface area is 140 Å². The number of aryl methyl sites for hydroxylation is 1. The first-order valence-electron chi connectivity index (χ1n) is 9.27. The van der Waals surface area contributed by atoms with E-state index in [0.29, 0.717) is 18.5 Å². The molecule has 2 saturated carbocycles. The number of hydrogen-bond donors (Lipinski definition) is 1. The lowest BCUT2D eigenvalue weighted by Crippen LogP contribution is -2.40. The Hall–Kier alpha value is -1.35. The van der Waals surface area contributed by atoms with Gasteiger partial charge < -0.3 is 5.32 Å². The number of hydrogen-bond acceptors (Lipinski definition) is 2. The van der Waals surface area contributed by atoms with Crippen molar-refractivity contribution in [1.29, 1.82) is 0 Å². The highest BCUT2D eigenvalue weighted by atomic mass is 16.2. The molecular weight excluding hydrogens is 284 g/mol. The van der Waals surface area contributed by atoms with Crippen LogP contribution in [0.4, 0.5) is 0 Å². The molecule has 1 aromatic rings. The van der Waals surface area contributed by atoms with E-state index in [1.807, 2.05) is 0 Å². The number of nitrogens with zero attached hydrogens (tertiary/aromatic N) is 1. The molecule has 126 valence electrons. The molecule has 3 heteroatoms. The second kappa shape index (κ2) is 7.96. The summed E-state index contributed by atoms with van der Waals surface area (Å²) >= 11 is 0. The Morgan fingerprint density at radius 1 is 1.17 bits per heavy atom. The van der Waals surface area contributed by atoms with Crippen LogP contribution in [-0.2, 0) is 11.3 Å². The van der Waals surface area contributed by atoms with Gasteiger partial charge in [-0.1, -0.05) is 49.1 Å². The van der Waals surface area contributed by atoms with E-state index < -0.39 is 0 Å². The summed E-state index contributed by atoms with van der Waals surface area (Å²) < 4.78 is 0. The molecule has 1 amide bonds. The van der Waals surface area contributed by atoms with Gasteiger partial charge in [-0.05, 0) is 44.1 Å². The van der Waals surface area contributed by atoms with Gasteiger partial charge in [0, 0.05) is 19.1 Å². The summed E-state index contributed by atoms with van der Waals surface area (Å²) in [5, 5.41) is 3.18. The van der Waals surface area contributed by atoms with Crippen molar-refractivity contribution in [3.63, 3.8) is 0 Å².